The molecular formula is C26H24F3N3O2. The van der Waals surface area contributed by atoms with Crippen LogP contribution < -0.4 is 15.0 Å². The number of ether oxygens (including phenoxy) is 1. The zero-order chi connectivity index (χ0) is 24.1. The first-order valence-corrected chi connectivity index (χ1v) is 10.7. The van der Waals surface area contributed by atoms with Gasteiger partial charge in [0.05, 0.1) is 5.56 Å². The Kier molecular flexibility index (Phi) is 6.77. The van der Waals surface area contributed by atoms with Crippen molar-refractivity contribution in [3.8, 4) is 5.75 Å². The summed E-state index contributed by atoms with van der Waals surface area (Å²) in [5.74, 6) is 1.11. The Morgan fingerprint density at radius 3 is 2.38 bits per heavy atom. The molecule has 0 radical (unpaired) electrons. The fourth-order valence-corrected chi connectivity index (χ4v) is 3.28. The van der Waals surface area contributed by atoms with Gasteiger partial charge in [-0.05, 0) is 60.2 Å². The van der Waals surface area contributed by atoms with Gasteiger partial charge in [0.15, 0.2) is 5.58 Å². The van der Waals surface area contributed by atoms with Gasteiger partial charge in [0.25, 0.3) is 0 Å². The van der Waals surface area contributed by atoms with Crippen molar-refractivity contribution in [3.05, 3.63) is 83.7 Å². The van der Waals surface area contributed by atoms with Crippen molar-refractivity contribution >= 4 is 34.6 Å². The van der Waals surface area contributed by atoms with Gasteiger partial charge >= 0.3 is 6.18 Å². The quantitative estimate of drug-likeness (QED) is 0.297. The summed E-state index contributed by atoms with van der Waals surface area (Å²) in [6, 6.07) is 18.4. The van der Waals surface area contributed by atoms with E-state index in [1.807, 2.05) is 61.5 Å². The molecule has 3 aromatic carbocycles. The summed E-state index contributed by atoms with van der Waals surface area (Å²) in [7, 11) is 3.99. The zero-order valence-electron chi connectivity index (χ0n) is 18.8. The number of hydrogen-bond donors (Lipinski definition) is 1. The van der Waals surface area contributed by atoms with E-state index in [1.165, 1.54) is 12.1 Å². The van der Waals surface area contributed by atoms with Crippen LogP contribution in [0.15, 0.2) is 71.1 Å². The number of hydrogen-bond acceptors (Lipinski definition) is 5. The first kappa shape index (κ1) is 23.2. The molecule has 4 aromatic rings. The van der Waals surface area contributed by atoms with Gasteiger partial charge in [0, 0.05) is 44.2 Å². The molecular weight excluding hydrogens is 443 g/mol. The molecule has 34 heavy (non-hydrogen) atoms. The largest absolute Gasteiger partial charge is 0.492 e. The van der Waals surface area contributed by atoms with Crippen LogP contribution in [-0.2, 0) is 6.18 Å². The highest BCUT2D eigenvalue weighted by Gasteiger charge is 2.29. The van der Waals surface area contributed by atoms with Crippen LogP contribution in [0, 0.1) is 0 Å². The summed E-state index contributed by atoms with van der Waals surface area (Å²) in [6.07, 6.45) is -0.581. The molecule has 0 spiro atoms. The Hall–Kier alpha value is -3.94. The average molecular weight is 467 g/mol. The predicted octanol–water partition coefficient (Wildman–Crippen LogP) is 6.57. The van der Waals surface area contributed by atoms with Crippen molar-refractivity contribution < 1.29 is 22.3 Å². The molecule has 0 bridgehead atoms. The number of aromatic nitrogens is 1. The topological polar surface area (TPSA) is 50.5 Å². The molecule has 176 valence electrons. The highest BCUT2D eigenvalue weighted by atomic mass is 19.4. The number of nitrogens with one attached hydrogen (secondary N) is 1. The number of benzene rings is 3. The molecule has 0 atom stereocenters. The van der Waals surface area contributed by atoms with Crippen molar-refractivity contribution in [2.24, 2.45) is 0 Å². The van der Waals surface area contributed by atoms with E-state index in [1.54, 1.807) is 12.1 Å². The first-order valence-electron chi connectivity index (χ1n) is 10.7. The van der Waals surface area contributed by atoms with E-state index in [-0.39, 0.29) is 0 Å². The Morgan fingerprint density at radius 2 is 1.71 bits per heavy atom. The normalized spacial score (nSPS) is 11.8. The number of alkyl halides is 3. The molecule has 0 saturated heterocycles. The van der Waals surface area contributed by atoms with Crippen molar-refractivity contribution in [2.45, 2.75) is 6.18 Å². The molecule has 0 aliphatic heterocycles. The van der Waals surface area contributed by atoms with Crippen LogP contribution in [0.4, 0.5) is 24.5 Å². The van der Waals surface area contributed by atoms with E-state index in [2.05, 4.69) is 10.3 Å². The van der Waals surface area contributed by atoms with Crippen LogP contribution >= 0.6 is 0 Å². The van der Waals surface area contributed by atoms with Crippen molar-refractivity contribution in [1.82, 2.24) is 4.98 Å². The molecule has 0 fully saturated rings. The second kappa shape index (κ2) is 9.91. The van der Waals surface area contributed by atoms with Crippen LogP contribution in [0.5, 0.6) is 5.75 Å². The fraction of sp³-hybridized carbons (Fsp3) is 0.192. The van der Waals surface area contributed by atoms with Crippen molar-refractivity contribution in [2.75, 3.05) is 37.5 Å². The van der Waals surface area contributed by atoms with E-state index in [0.717, 1.165) is 28.9 Å². The lowest BCUT2D eigenvalue weighted by atomic mass is 10.2. The van der Waals surface area contributed by atoms with E-state index in [4.69, 9.17) is 9.15 Å². The summed E-state index contributed by atoms with van der Waals surface area (Å²) < 4.78 is 49.4. The summed E-state index contributed by atoms with van der Waals surface area (Å²) >= 11 is 0. The molecule has 0 amide bonds. The molecule has 5 nitrogen and oxygen atoms in total. The van der Waals surface area contributed by atoms with Crippen LogP contribution in [0.1, 0.15) is 17.0 Å². The average Bonchev–Trinajstić information content (AvgIpc) is 3.23. The molecule has 0 unspecified atom stereocenters. The second-order valence-electron chi connectivity index (χ2n) is 7.85. The summed E-state index contributed by atoms with van der Waals surface area (Å²) in [5, 5.41) is 3.04. The lowest BCUT2D eigenvalue weighted by Gasteiger charge is -2.11. The second-order valence-corrected chi connectivity index (χ2v) is 7.85. The minimum Gasteiger partial charge on any atom is -0.492 e. The fourth-order valence-electron chi connectivity index (χ4n) is 3.28. The highest BCUT2D eigenvalue weighted by molar-refractivity contribution is 5.77. The third-order valence-electron chi connectivity index (χ3n) is 5.12. The van der Waals surface area contributed by atoms with Gasteiger partial charge in [-0.3, -0.25) is 0 Å². The monoisotopic (exact) mass is 467 g/mol. The predicted molar refractivity (Wildman–Crippen MR) is 129 cm³/mol. The van der Waals surface area contributed by atoms with E-state index in [9.17, 15) is 13.2 Å². The van der Waals surface area contributed by atoms with Crippen LogP contribution in [0.2, 0.25) is 0 Å². The number of halogens is 3. The SMILES string of the molecule is CN(C)c1ccc(/C=C/c2nc3ccc(OCCNc4ccc(C(F)(F)F)cc4)cc3o2)cc1. The number of anilines is 2. The van der Waals surface area contributed by atoms with Crippen LogP contribution in [0.3, 0.4) is 0 Å². The molecule has 1 N–H and O–H groups in total. The Labute approximate surface area is 195 Å². The van der Waals surface area contributed by atoms with Gasteiger partial charge in [-0.1, -0.05) is 12.1 Å². The molecule has 8 heteroatoms. The standard InChI is InChI=1S/C26H24F3N3O2/c1-32(2)21-10-3-18(4-11-21)5-14-25-31-23-13-12-22(17-24(23)34-25)33-16-15-30-20-8-6-19(7-9-20)26(27,28)29/h3-14,17,30H,15-16H2,1-2H3/b14-5+. The number of fused-ring (bicyclic) bond motifs is 1. The Bertz CT molecular complexity index is 1260. The Morgan fingerprint density at radius 1 is 0.971 bits per heavy atom. The maximum absolute atomic E-state index is 12.6. The molecule has 4 rings (SSSR count). The first-order chi connectivity index (χ1) is 16.3. The van der Waals surface area contributed by atoms with Gasteiger partial charge in [-0.25, -0.2) is 4.98 Å². The van der Waals surface area contributed by atoms with Crippen molar-refractivity contribution in [3.63, 3.8) is 0 Å². The molecule has 0 saturated carbocycles. The lowest BCUT2D eigenvalue weighted by molar-refractivity contribution is -0.137. The third-order valence-corrected chi connectivity index (χ3v) is 5.12. The van der Waals surface area contributed by atoms with E-state index < -0.39 is 11.7 Å². The minimum absolute atomic E-state index is 0.330. The number of oxazole rings is 1. The molecule has 1 aromatic heterocycles. The smallest absolute Gasteiger partial charge is 0.416 e. The van der Waals surface area contributed by atoms with E-state index >= 15 is 0 Å². The zero-order valence-corrected chi connectivity index (χ0v) is 18.8. The van der Waals surface area contributed by atoms with Gasteiger partial charge in [-0.15, -0.1) is 0 Å². The van der Waals surface area contributed by atoms with Crippen LogP contribution in [0.25, 0.3) is 23.3 Å². The molecule has 1 heterocycles. The maximum Gasteiger partial charge on any atom is 0.416 e. The summed E-state index contributed by atoms with van der Waals surface area (Å²) in [6.45, 7) is 0.761. The van der Waals surface area contributed by atoms with E-state index in [0.29, 0.717) is 36.1 Å². The molecule has 0 aliphatic rings. The minimum atomic E-state index is -4.34. The third kappa shape index (κ3) is 5.89. The summed E-state index contributed by atoms with van der Waals surface area (Å²) in [5.41, 5.74) is 3.41. The van der Waals surface area contributed by atoms with Gasteiger partial charge < -0.3 is 19.4 Å². The van der Waals surface area contributed by atoms with Crippen molar-refractivity contribution in [1.29, 1.82) is 0 Å². The number of rotatable bonds is 8. The Balaban J connectivity index is 1.31. The van der Waals surface area contributed by atoms with Gasteiger partial charge in [0.1, 0.15) is 17.9 Å². The van der Waals surface area contributed by atoms with Gasteiger partial charge in [0.2, 0.25) is 5.89 Å². The molecule has 0 aliphatic carbocycles. The highest BCUT2D eigenvalue weighted by Crippen LogP contribution is 2.29. The number of nitrogens with zero attached hydrogens (tertiary/aromatic N) is 2. The van der Waals surface area contributed by atoms with Crippen LogP contribution in [-0.4, -0.2) is 32.2 Å². The lowest BCUT2D eigenvalue weighted by Crippen LogP contribution is -2.12. The van der Waals surface area contributed by atoms with Gasteiger partial charge in [-0.2, -0.15) is 13.2 Å². The maximum atomic E-state index is 12.6. The summed E-state index contributed by atoms with van der Waals surface area (Å²) in [4.78, 5) is 6.51.